The fourth-order valence-electron chi connectivity index (χ4n) is 1.54. The van der Waals surface area contributed by atoms with Crippen LogP contribution >= 0.6 is 11.3 Å². The number of halogens is 6. The van der Waals surface area contributed by atoms with Crippen molar-refractivity contribution in [3.63, 3.8) is 0 Å². The Kier molecular flexibility index (Phi) is 7.08. The molecule has 1 rings (SSSR count). The van der Waals surface area contributed by atoms with Crippen LogP contribution in [-0.2, 0) is 10.0 Å². The number of thiophene rings is 1. The fraction of sp³-hybridized carbons (Fsp3) is 0.500. The molecule has 152 valence electrons. The number of hydrogen-bond donors (Lipinski definition) is 2. The molecule has 0 aromatic carbocycles. The quantitative estimate of drug-likeness (QED) is 0.633. The van der Waals surface area contributed by atoms with Gasteiger partial charge >= 0.3 is 21.7 Å². The van der Waals surface area contributed by atoms with Gasteiger partial charge in [0.25, 0.3) is 5.91 Å². The molecule has 0 saturated carbocycles. The van der Waals surface area contributed by atoms with Crippen LogP contribution in [0.2, 0.25) is 0 Å². The number of carbonyl (C=O) groups is 1. The van der Waals surface area contributed by atoms with Gasteiger partial charge in [0.2, 0.25) is 0 Å². The molecule has 0 bridgehead atoms. The Labute approximate surface area is 153 Å². The Morgan fingerprint density at radius 1 is 1.33 bits per heavy atom. The lowest BCUT2D eigenvalue weighted by atomic mass is 10.2. The van der Waals surface area contributed by atoms with Gasteiger partial charge in [-0.3, -0.25) is 4.79 Å². The molecule has 7 nitrogen and oxygen atoms in total. The van der Waals surface area contributed by atoms with Crippen LogP contribution in [0.1, 0.15) is 22.2 Å². The molecule has 1 atom stereocenters. The zero-order valence-corrected chi connectivity index (χ0v) is 14.9. The molecule has 1 aromatic heterocycles. The van der Waals surface area contributed by atoms with Crippen molar-refractivity contribution in [2.45, 2.75) is 24.7 Å². The van der Waals surface area contributed by atoms with E-state index in [9.17, 15) is 39.6 Å². The second-order valence-corrected chi connectivity index (χ2v) is 7.72. The average Bonchev–Trinajstić information content (AvgIpc) is 2.91. The minimum absolute atomic E-state index is 0.165. The lowest BCUT2D eigenvalue weighted by Gasteiger charge is -2.15. The van der Waals surface area contributed by atoms with Crippen molar-refractivity contribution in [2.75, 3.05) is 13.2 Å². The largest absolute Gasteiger partial charge is 0.511 e. The standard InChI is InChI=1S/C12H11F6N3O4S2/c1-6(21-27(23,24)12(16,17)18)4-25-9-2-7(8(3-19)26-9)10(22)20-5-11(13,14)15/h2,6,21H,4-5H2,1H3,(H,20,22)/t6-/m0/s1. The molecule has 1 aromatic rings. The number of nitriles is 1. The Morgan fingerprint density at radius 2 is 1.93 bits per heavy atom. The third-order valence-electron chi connectivity index (χ3n) is 2.64. The number of sulfonamides is 1. The van der Waals surface area contributed by atoms with Crippen molar-refractivity contribution in [1.29, 1.82) is 5.26 Å². The Balaban J connectivity index is 2.77. The van der Waals surface area contributed by atoms with Crippen molar-refractivity contribution in [2.24, 2.45) is 0 Å². The van der Waals surface area contributed by atoms with Crippen molar-refractivity contribution in [3.05, 3.63) is 16.5 Å². The molecule has 0 aliphatic heterocycles. The van der Waals surface area contributed by atoms with Crippen LogP contribution in [0.15, 0.2) is 6.07 Å². The van der Waals surface area contributed by atoms with Gasteiger partial charge in [0.05, 0.1) is 11.6 Å². The smallest absolute Gasteiger partial charge is 0.482 e. The summed E-state index contributed by atoms with van der Waals surface area (Å²) in [5.74, 6) is -1.19. The summed E-state index contributed by atoms with van der Waals surface area (Å²) in [4.78, 5) is 11.4. The van der Waals surface area contributed by atoms with Gasteiger partial charge in [0.1, 0.15) is 24.1 Å². The van der Waals surface area contributed by atoms with Crippen LogP contribution in [0.25, 0.3) is 0 Å². The van der Waals surface area contributed by atoms with E-state index in [2.05, 4.69) is 0 Å². The molecule has 0 saturated heterocycles. The topological polar surface area (TPSA) is 108 Å². The fourth-order valence-corrected chi connectivity index (χ4v) is 3.08. The molecular formula is C12H11F6N3O4S2. The summed E-state index contributed by atoms with van der Waals surface area (Å²) >= 11 is 0.562. The maximum atomic E-state index is 12.3. The molecule has 0 aliphatic rings. The van der Waals surface area contributed by atoms with Crippen LogP contribution in [0.4, 0.5) is 26.3 Å². The minimum Gasteiger partial charge on any atom is -0.482 e. The van der Waals surface area contributed by atoms with E-state index in [0.29, 0.717) is 11.3 Å². The normalized spacial score (nSPS) is 13.7. The first kappa shape index (κ1) is 23.0. The summed E-state index contributed by atoms with van der Waals surface area (Å²) in [7, 11) is -5.59. The van der Waals surface area contributed by atoms with Crippen molar-refractivity contribution < 1.29 is 44.3 Å². The molecule has 1 amide bonds. The number of nitrogens with one attached hydrogen (secondary N) is 2. The maximum absolute atomic E-state index is 12.3. The third kappa shape index (κ3) is 6.88. The van der Waals surface area contributed by atoms with Crippen LogP contribution in [0.3, 0.4) is 0 Å². The summed E-state index contributed by atoms with van der Waals surface area (Å²) in [6.07, 6.45) is -4.66. The zero-order valence-electron chi connectivity index (χ0n) is 13.2. The predicted molar refractivity (Wildman–Crippen MR) is 80.5 cm³/mol. The number of ether oxygens (including phenoxy) is 1. The van der Waals surface area contributed by atoms with E-state index in [1.165, 1.54) is 4.72 Å². The van der Waals surface area contributed by atoms with Gasteiger partial charge in [0, 0.05) is 6.07 Å². The molecular weight excluding hydrogens is 428 g/mol. The Bertz CT molecular complexity index is 826. The number of rotatable bonds is 7. The summed E-state index contributed by atoms with van der Waals surface area (Å²) in [5.41, 5.74) is -5.92. The zero-order chi connectivity index (χ0) is 21.0. The van der Waals surface area contributed by atoms with Gasteiger partial charge in [0.15, 0.2) is 5.06 Å². The van der Waals surface area contributed by atoms with E-state index in [1.54, 1.807) is 11.4 Å². The summed E-state index contributed by atoms with van der Waals surface area (Å²) in [5, 5.41) is 10.3. The molecule has 1 heterocycles. The lowest BCUT2D eigenvalue weighted by Crippen LogP contribution is -2.43. The summed E-state index contributed by atoms with van der Waals surface area (Å²) in [6, 6.07) is 1.18. The highest BCUT2D eigenvalue weighted by atomic mass is 32.2. The first-order valence-corrected chi connectivity index (χ1v) is 9.06. The molecule has 2 N–H and O–H groups in total. The number of amides is 1. The minimum atomic E-state index is -5.59. The van der Waals surface area contributed by atoms with E-state index in [4.69, 9.17) is 10.00 Å². The molecule has 27 heavy (non-hydrogen) atoms. The van der Waals surface area contributed by atoms with E-state index in [-0.39, 0.29) is 9.94 Å². The molecule has 0 spiro atoms. The molecule has 0 unspecified atom stereocenters. The van der Waals surface area contributed by atoms with Gasteiger partial charge < -0.3 is 10.1 Å². The summed E-state index contributed by atoms with van der Waals surface area (Å²) < 4.78 is 101. The second kappa shape index (κ2) is 8.31. The second-order valence-electron chi connectivity index (χ2n) is 5.00. The number of alkyl halides is 6. The number of hydrogen-bond acceptors (Lipinski definition) is 6. The van der Waals surface area contributed by atoms with Crippen LogP contribution in [-0.4, -0.2) is 45.2 Å². The molecule has 0 fully saturated rings. The van der Waals surface area contributed by atoms with Gasteiger partial charge in [-0.15, -0.1) is 0 Å². The van der Waals surface area contributed by atoms with Crippen molar-refractivity contribution >= 4 is 27.3 Å². The molecule has 15 heteroatoms. The molecule has 0 aliphatic carbocycles. The van der Waals surface area contributed by atoms with Gasteiger partial charge in [-0.05, 0) is 6.92 Å². The highest BCUT2D eigenvalue weighted by Gasteiger charge is 2.46. The van der Waals surface area contributed by atoms with Crippen LogP contribution in [0, 0.1) is 11.3 Å². The van der Waals surface area contributed by atoms with Gasteiger partial charge in [-0.25, -0.2) is 13.1 Å². The van der Waals surface area contributed by atoms with Crippen LogP contribution < -0.4 is 14.8 Å². The number of carbonyl (C=O) groups excluding carboxylic acids is 1. The Hall–Kier alpha value is -2.05. The van der Waals surface area contributed by atoms with Crippen molar-refractivity contribution in [1.82, 2.24) is 10.0 Å². The van der Waals surface area contributed by atoms with E-state index in [0.717, 1.165) is 13.0 Å². The lowest BCUT2D eigenvalue weighted by molar-refractivity contribution is -0.123. The first-order chi connectivity index (χ1) is 12.2. The monoisotopic (exact) mass is 439 g/mol. The van der Waals surface area contributed by atoms with Gasteiger partial charge in [-0.2, -0.15) is 31.6 Å². The van der Waals surface area contributed by atoms with Crippen molar-refractivity contribution in [3.8, 4) is 11.1 Å². The number of nitrogens with zero attached hydrogens (tertiary/aromatic N) is 1. The van der Waals surface area contributed by atoms with Gasteiger partial charge in [-0.1, -0.05) is 11.3 Å². The van der Waals surface area contributed by atoms with Crippen LogP contribution in [0.5, 0.6) is 5.06 Å². The highest BCUT2D eigenvalue weighted by Crippen LogP contribution is 2.29. The average molecular weight is 439 g/mol. The maximum Gasteiger partial charge on any atom is 0.511 e. The summed E-state index contributed by atoms with van der Waals surface area (Å²) in [6.45, 7) is -1.15. The van der Waals surface area contributed by atoms with E-state index < -0.39 is 52.4 Å². The van der Waals surface area contributed by atoms with E-state index in [1.807, 2.05) is 0 Å². The molecule has 0 radical (unpaired) electrons. The first-order valence-electron chi connectivity index (χ1n) is 6.76. The third-order valence-corrected chi connectivity index (χ3v) is 4.92. The highest BCUT2D eigenvalue weighted by molar-refractivity contribution is 7.90. The SMILES string of the molecule is C[C@@H](COc1cc(C(=O)NCC(F)(F)F)c(C#N)s1)NS(=O)(=O)C(F)(F)F. The Morgan fingerprint density at radius 3 is 2.41 bits per heavy atom. The predicted octanol–water partition coefficient (Wildman–Crippen LogP) is 2.12. The van der Waals surface area contributed by atoms with E-state index >= 15 is 0 Å².